The first-order valence-corrected chi connectivity index (χ1v) is 28.2. The summed E-state index contributed by atoms with van der Waals surface area (Å²) in [6.07, 6.45) is 1.93. The minimum atomic E-state index is -0.291. The van der Waals surface area contributed by atoms with Crippen LogP contribution in [0.15, 0.2) is 182 Å². The van der Waals surface area contributed by atoms with Crippen molar-refractivity contribution in [2.75, 3.05) is 9.80 Å². The van der Waals surface area contributed by atoms with Crippen LogP contribution in [0.2, 0.25) is 0 Å². The first kappa shape index (κ1) is 58.5. The van der Waals surface area contributed by atoms with E-state index in [1.54, 1.807) is 0 Å². The van der Waals surface area contributed by atoms with Gasteiger partial charge in [-0.05, 0) is 121 Å². The van der Waals surface area contributed by atoms with E-state index in [0.717, 1.165) is 55.9 Å². The Morgan fingerprint density at radius 2 is 1.04 bits per heavy atom. The zero-order valence-corrected chi connectivity index (χ0v) is 52.3. The van der Waals surface area contributed by atoms with Crippen LogP contribution in [-0.4, -0.2) is 9.55 Å². The number of fused-ring (bicyclic) bond motifs is 4. The minimum absolute atomic E-state index is 0. The summed E-state index contributed by atoms with van der Waals surface area (Å²) in [5.74, 6) is 2.61. The topological polar surface area (TPSA) is 33.5 Å². The summed E-state index contributed by atoms with van der Waals surface area (Å²) in [4.78, 5) is 9.67. The normalized spacial score (nSPS) is 13.0. The molecule has 414 valence electrons. The maximum atomic E-state index is 7.18. The fourth-order valence-corrected chi connectivity index (χ4v) is 11.6. The number of hydrogen-bond acceptors (Lipinski definition) is 4. The third-order valence-corrected chi connectivity index (χ3v) is 16.6. The van der Waals surface area contributed by atoms with Crippen LogP contribution in [0.4, 0.5) is 22.7 Å². The smallest absolute Gasteiger partial charge is 0.509 e. The second-order valence-electron chi connectivity index (χ2n) is 25.5. The fourth-order valence-electron chi connectivity index (χ4n) is 11.6. The average molecular weight is 1250 g/mol. The summed E-state index contributed by atoms with van der Waals surface area (Å²) in [7, 11) is 0. The van der Waals surface area contributed by atoms with Gasteiger partial charge in [0, 0.05) is 51.1 Å². The van der Waals surface area contributed by atoms with Crippen molar-refractivity contribution in [2.45, 2.75) is 130 Å². The van der Waals surface area contributed by atoms with Crippen molar-refractivity contribution >= 4 is 44.6 Å². The van der Waals surface area contributed by atoms with Crippen molar-refractivity contribution < 1.29 is 25.8 Å². The number of benzene rings is 8. The Morgan fingerprint density at radius 3 is 1.60 bits per heavy atom. The molecule has 0 radical (unpaired) electrons. The number of rotatable bonds is 12. The van der Waals surface area contributed by atoms with Crippen molar-refractivity contribution in [1.82, 2.24) is 9.55 Å². The van der Waals surface area contributed by atoms with Crippen LogP contribution in [0, 0.1) is 26.2 Å². The number of anilines is 4. The third-order valence-electron chi connectivity index (χ3n) is 16.6. The Hall–Kier alpha value is -7.20. The van der Waals surface area contributed by atoms with E-state index in [4.69, 9.17) is 9.72 Å². The average Bonchev–Trinajstić information content (AvgIpc) is 4.13. The molecule has 5 nitrogen and oxygen atoms in total. The Balaban J connectivity index is 0.00000396. The van der Waals surface area contributed by atoms with Gasteiger partial charge in [0.1, 0.15) is 5.82 Å². The summed E-state index contributed by atoms with van der Waals surface area (Å²) in [5.41, 5.74) is 17.8. The number of aromatic nitrogens is 2. The van der Waals surface area contributed by atoms with Gasteiger partial charge in [-0.2, -0.15) is 6.07 Å². The van der Waals surface area contributed by atoms with Crippen molar-refractivity contribution in [1.29, 1.82) is 0 Å². The van der Waals surface area contributed by atoms with E-state index in [9.17, 15) is 0 Å². The standard InChI is InChI=1S/C74H75N4O.CH3.Pt/c1-48(2)61-28-23-29-62(49(3)4)70(61)50-38-57(45-60(39-50)79-59-33-34-63-64-43-53(71(5,6)7)32-35-65(64)78(68(63)46-59)69-44-54(36-37-75-69)72(8,9)10)76-47-77(67-31-22-21-30-66(67)76)58-41-55(73(11,12)51-24-17-15-18-25-51)40-56(42-58)74(13,14)52-26-19-16-20-27-52;;/h15-44,47-49H,1-14H3;1H3;/q-3;-1;+4. The largest absolute Gasteiger partial charge is 4.00 e. The van der Waals surface area contributed by atoms with Gasteiger partial charge in [-0.3, -0.25) is 0 Å². The summed E-state index contributed by atoms with van der Waals surface area (Å²) in [6.45, 7) is 34.3. The van der Waals surface area contributed by atoms with Gasteiger partial charge in [-0.25, -0.2) is 4.98 Å². The molecule has 10 aromatic rings. The molecule has 11 rings (SSSR count). The van der Waals surface area contributed by atoms with Crippen LogP contribution in [0.1, 0.15) is 153 Å². The van der Waals surface area contributed by atoms with E-state index in [2.05, 4.69) is 306 Å². The fraction of sp³-hybridized carbons (Fsp3) is 0.267. The van der Waals surface area contributed by atoms with Gasteiger partial charge in [0.15, 0.2) is 0 Å². The molecule has 0 unspecified atom stereocenters. The zero-order valence-electron chi connectivity index (χ0n) is 50.1. The van der Waals surface area contributed by atoms with Crippen molar-refractivity contribution in [3.63, 3.8) is 0 Å². The number of ether oxygens (including phenoxy) is 1. The first-order chi connectivity index (χ1) is 37.6. The van der Waals surface area contributed by atoms with Crippen molar-refractivity contribution in [3.05, 3.63) is 253 Å². The van der Waals surface area contributed by atoms with Gasteiger partial charge in [0.2, 0.25) is 0 Å². The van der Waals surface area contributed by atoms with Crippen molar-refractivity contribution in [2.24, 2.45) is 0 Å². The zero-order chi connectivity index (χ0) is 55.8. The molecule has 0 aliphatic carbocycles. The third kappa shape index (κ3) is 11.0. The summed E-state index contributed by atoms with van der Waals surface area (Å²) in [5, 5.41) is 2.26. The van der Waals surface area contributed by atoms with Crippen LogP contribution in [0.25, 0.3) is 38.8 Å². The molecule has 0 amide bonds. The predicted molar refractivity (Wildman–Crippen MR) is 339 cm³/mol. The maximum Gasteiger partial charge on any atom is 4.00 e. The number of nitrogens with zero attached hydrogens (tertiary/aromatic N) is 4. The Bertz CT molecular complexity index is 3800. The van der Waals surface area contributed by atoms with Gasteiger partial charge < -0.3 is 26.5 Å². The van der Waals surface area contributed by atoms with Crippen LogP contribution in [0.5, 0.6) is 11.5 Å². The second kappa shape index (κ2) is 22.3. The Morgan fingerprint density at radius 1 is 0.481 bits per heavy atom. The molecule has 0 saturated heterocycles. The quantitative estimate of drug-likeness (QED) is 0.114. The van der Waals surface area contributed by atoms with E-state index in [0.29, 0.717) is 11.5 Å². The van der Waals surface area contributed by atoms with E-state index in [1.165, 1.54) is 50.1 Å². The van der Waals surface area contributed by atoms with Crippen LogP contribution in [0.3, 0.4) is 0 Å². The maximum absolute atomic E-state index is 7.18. The summed E-state index contributed by atoms with van der Waals surface area (Å²) < 4.78 is 9.44. The minimum Gasteiger partial charge on any atom is -0.509 e. The molecule has 1 aliphatic heterocycles. The number of para-hydroxylation sites is 2. The molecule has 0 saturated carbocycles. The molecule has 2 aromatic heterocycles. The molecule has 8 aromatic carbocycles. The number of pyridine rings is 1. The van der Waals surface area contributed by atoms with Crippen LogP contribution in [-0.2, 0) is 42.7 Å². The van der Waals surface area contributed by atoms with E-state index in [-0.39, 0.29) is 62.0 Å². The molecule has 0 spiro atoms. The van der Waals surface area contributed by atoms with E-state index >= 15 is 0 Å². The predicted octanol–water partition coefficient (Wildman–Crippen LogP) is 20.6. The van der Waals surface area contributed by atoms with Crippen LogP contribution < -0.4 is 14.5 Å². The molecule has 81 heavy (non-hydrogen) atoms. The Labute approximate surface area is 498 Å². The molecular weight excluding hydrogens is 1170 g/mol. The molecule has 0 fully saturated rings. The molecule has 6 heteroatoms. The van der Waals surface area contributed by atoms with Crippen LogP contribution >= 0.6 is 0 Å². The molecular formula is C75H78N4OPt. The summed E-state index contributed by atoms with van der Waals surface area (Å²) in [6, 6.07) is 72.1. The van der Waals surface area contributed by atoms with Gasteiger partial charge in [0.25, 0.3) is 0 Å². The molecule has 3 heterocycles. The van der Waals surface area contributed by atoms with E-state index in [1.807, 2.05) is 6.20 Å². The van der Waals surface area contributed by atoms with Gasteiger partial charge in [0.05, 0.1) is 0 Å². The van der Waals surface area contributed by atoms with E-state index < -0.39 is 0 Å². The molecule has 0 bridgehead atoms. The SMILES string of the molecule is CC(C)c1cccc(C(C)C)c1-c1cc(Oc2[c-]c3c(cc2)c2cc(C(C)(C)C)ccc2n3-c2cc(C(C)(C)C)ccn2)[c-]c(N2[CH-]N(c3cc(C(C)(C)c4ccccc4)cc(C(C)(C)c4ccccc4)c3)c3ccccc32)c1.[CH3-].[Pt+4]. The van der Waals surface area contributed by atoms with Gasteiger partial charge in [-0.1, -0.05) is 212 Å². The second-order valence-corrected chi connectivity index (χ2v) is 25.5. The first-order valence-electron chi connectivity index (χ1n) is 28.2. The number of hydrogen-bond donors (Lipinski definition) is 0. The van der Waals surface area contributed by atoms with Crippen molar-refractivity contribution in [3.8, 4) is 28.4 Å². The monoisotopic (exact) mass is 1250 g/mol. The van der Waals surface area contributed by atoms with Gasteiger partial charge >= 0.3 is 21.1 Å². The Kier molecular flexibility index (Phi) is 16.1. The van der Waals surface area contributed by atoms with Gasteiger partial charge in [-0.15, -0.1) is 53.6 Å². The molecule has 0 atom stereocenters. The molecule has 1 aliphatic rings. The molecule has 0 N–H and O–H groups in total. The summed E-state index contributed by atoms with van der Waals surface area (Å²) >= 11 is 0.